The van der Waals surface area contributed by atoms with E-state index in [0.29, 0.717) is 0 Å². The SMILES string of the molecule is C=C1C=CC2=C(CCC=C2)C1. The Morgan fingerprint density at radius 2 is 2.09 bits per heavy atom. The van der Waals surface area contributed by atoms with Crippen LogP contribution in [0.15, 0.2) is 47.6 Å². The molecule has 0 heterocycles. The highest BCUT2D eigenvalue weighted by atomic mass is 14.1. The summed E-state index contributed by atoms with van der Waals surface area (Å²) in [6.45, 7) is 3.96. The monoisotopic (exact) mass is 144 g/mol. The van der Waals surface area contributed by atoms with Gasteiger partial charge < -0.3 is 0 Å². The van der Waals surface area contributed by atoms with Crippen LogP contribution in [-0.2, 0) is 0 Å². The van der Waals surface area contributed by atoms with Crippen molar-refractivity contribution in [3.8, 4) is 0 Å². The molecule has 0 aromatic carbocycles. The highest BCUT2D eigenvalue weighted by Gasteiger charge is 2.09. The van der Waals surface area contributed by atoms with Crippen LogP contribution in [0.5, 0.6) is 0 Å². The summed E-state index contributed by atoms with van der Waals surface area (Å²) >= 11 is 0. The number of allylic oxidation sites excluding steroid dienone is 7. The van der Waals surface area contributed by atoms with Crippen molar-refractivity contribution in [3.05, 3.63) is 47.6 Å². The van der Waals surface area contributed by atoms with Crippen molar-refractivity contribution in [2.45, 2.75) is 19.3 Å². The van der Waals surface area contributed by atoms with Crippen molar-refractivity contribution in [1.82, 2.24) is 0 Å². The Morgan fingerprint density at radius 3 is 3.00 bits per heavy atom. The first kappa shape index (κ1) is 6.66. The molecule has 2 aliphatic rings. The molecule has 0 aromatic heterocycles. The smallest absolute Gasteiger partial charge is 0.00638 e. The van der Waals surface area contributed by atoms with Gasteiger partial charge in [-0.2, -0.15) is 0 Å². The summed E-state index contributed by atoms with van der Waals surface area (Å²) in [6.07, 6.45) is 12.3. The third kappa shape index (κ3) is 1.21. The molecule has 0 fully saturated rings. The summed E-state index contributed by atoms with van der Waals surface area (Å²) in [7, 11) is 0. The molecule has 0 saturated carbocycles. The maximum atomic E-state index is 3.96. The molecule has 0 nitrogen and oxygen atoms in total. The van der Waals surface area contributed by atoms with Crippen molar-refractivity contribution in [2.24, 2.45) is 0 Å². The molecule has 11 heavy (non-hydrogen) atoms. The van der Waals surface area contributed by atoms with Crippen LogP contribution in [0.4, 0.5) is 0 Å². The maximum absolute atomic E-state index is 3.96. The molecule has 56 valence electrons. The molecule has 0 saturated heterocycles. The van der Waals surface area contributed by atoms with E-state index in [0.717, 1.165) is 6.42 Å². The van der Waals surface area contributed by atoms with Crippen LogP contribution >= 0.6 is 0 Å². The number of hydrogen-bond acceptors (Lipinski definition) is 0. The van der Waals surface area contributed by atoms with E-state index in [9.17, 15) is 0 Å². The summed E-state index contributed by atoms with van der Waals surface area (Å²) in [5.41, 5.74) is 4.24. The van der Waals surface area contributed by atoms with E-state index in [2.05, 4.69) is 30.9 Å². The van der Waals surface area contributed by atoms with E-state index in [4.69, 9.17) is 0 Å². The zero-order valence-electron chi connectivity index (χ0n) is 6.64. The fourth-order valence-corrected chi connectivity index (χ4v) is 1.63. The van der Waals surface area contributed by atoms with Gasteiger partial charge in [0.15, 0.2) is 0 Å². The van der Waals surface area contributed by atoms with Gasteiger partial charge in [-0.15, -0.1) is 0 Å². The second-order valence-electron chi connectivity index (χ2n) is 3.17. The lowest BCUT2D eigenvalue weighted by molar-refractivity contribution is 0.894. The number of rotatable bonds is 0. The minimum atomic E-state index is 1.09. The topological polar surface area (TPSA) is 0 Å². The lowest BCUT2D eigenvalue weighted by Crippen LogP contribution is -1.98. The van der Waals surface area contributed by atoms with Gasteiger partial charge in [0, 0.05) is 0 Å². The van der Waals surface area contributed by atoms with E-state index in [-0.39, 0.29) is 0 Å². The minimum absolute atomic E-state index is 1.09. The summed E-state index contributed by atoms with van der Waals surface area (Å²) in [4.78, 5) is 0. The van der Waals surface area contributed by atoms with Gasteiger partial charge in [-0.3, -0.25) is 0 Å². The molecule has 2 aliphatic carbocycles. The zero-order chi connectivity index (χ0) is 7.68. The Morgan fingerprint density at radius 1 is 1.18 bits per heavy atom. The molecular formula is C11H12. The summed E-state index contributed by atoms with van der Waals surface area (Å²) in [5, 5.41) is 0. The molecule has 0 bridgehead atoms. The Kier molecular flexibility index (Phi) is 1.54. The predicted molar refractivity (Wildman–Crippen MR) is 48.3 cm³/mol. The lowest BCUT2D eigenvalue weighted by Gasteiger charge is -2.17. The van der Waals surface area contributed by atoms with Gasteiger partial charge in [0.1, 0.15) is 0 Å². The second-order valence-corrected chi connectivity index (χ2v) is 3.17. The average molecular weight is 144 g/mol. The molecule has 0 atom stereocenters. The molecule has 0 unspecified atom stereocenters. The first-order valence-electron chi connectivity index (χ1n) is 4.11. The van der Waals surface area contributed by atoms with Crippen molar-refractivity contribution in [3.63, 3.8) is 0 Å². The van der Waals surface area contributed by atoms with Crippen LogP contribution in [0.2, 0.25) is 0 Å². The molecule has 2 rings (SSSR count). The van der Waals surface area contributed by atoms with Crippen LogP contribution in [0, 0.1) is 0 Å². The molecule has 0 heteroatoms. The molecule has 0 spiro atoms. The summed E-state index contributed by atoms with van der Waals surface area (Å²) in [6, 6.07) is 0. The Labute approximate surface area is 67.6 Å². The molecular weight excluding hydrogens is 132 g/mol. The maximum Gasteiger partial charge on any atom is -0.00638 e. The first-order chi connectivity index (χ1) is 5.36. The van der Waals surface area contributed by atoms with E-state index < -0.39 is 0 Å². The molecule has 0 radical (unpaired) electrons. The molecule has 0 N–H and O–H groups in total. The third-order valence-corrected chi connectivity index (χ3v) is 2.26. The second kappa shape index (κ2) is 2.54. The van der Waals surface area contributed by atoms with Crippen molar-refractivity contribution in [1.29, 1.82) is 0 Å². The minimum Gasteiger partial charge on any atom is -0.0955 e. The average Bonchev–Trinajstić information content (AvgIpc) is 2.04. The Bertz CT molecular complexity index is 274. The summed E-state index contributed by atoms with van der Waals surface area (Å²) in [5.74, 6) is 0. The highest BCUT2D eigenvalue weighted by Crippen LogP contribution is 2.29. The number of hydrogen-bond donors (Lipinski definition) is 0. The van der Waals surface area contributed by atoms with Gasteiger partial charge in [0.25, 0.3) is 0 Å². The van der Waals surface area contributed by atoms with Gasteiger partial charge in [0.05, 0.1) is 0 Å². The fraction of sp³-hybridized carbons (Fsp3) is 0.273. The van der Waals surface area contributed by atoms with Crippen molar-refractivity contribution in [2.75, 3.05) is 0 Å². The Balaban J connectivity index is 2.34. The lowest BCUT2D eigenvalue weighted by atomic mass is 9.88. The van der Waals surface area contributed by atoms with Crippen LogP contribution in [0.25, 0.3) is 0 Å². The summed E-state index contributed by atoms with van der Waals surface area (Å²) < 4.78 is 0. The normalized spacial score (nSPS) is 22.4. The highest BCUT2D eigenvalue weighted by molar-refractivity contribution is 5.46. The van der Waals surface area contributed by atoms with Crippen molar-refractivity contribution >= 4 is 0 Å². The van der Waals surface area contributed by atoms with Gasteiger partial charge in [-0.1, -0.05) is 42.0 Å². The quantitative estimate of drug-likeness (QED) is 0.490. The van der Waals surface area contributed by atoms with E-state index >= 15 is 0 Å². The predicted octanol–water partition coefficient (Wildman–Crippen LogP) is 3.15. The molecule has 0 aromatic rings. The molecule has 0 aliphatic heterocycles. The molecule has 0 amide bonds. The van der Waals surface area contributed by atoms with Crippen LogP contribution in [0.1, 0.15) is 19.3 Å². The van der Waals surface area contributed by atoms with Crippen molar-refractivity contribution < 1.29 is 0 Å². The van der Waals surface area contributed by atoms with Gasteiger partial charge in [-0.05, 0) is 24.8 Å². The third-order valence-electron chi connectivity index (χ3n) is 2.26. The van der Waals surface area contributed by atoms with E-state index in [1.54, 1.807) is 5.57 Å². The Hall–Kier alpha value is -1.04. The fourth-order valence-electron chi connectivity index (χ4n) is 1.63. The van der Waals surface area contributed by atoms with E-state index in [1.165, 1.54) is 24.0 Å². The largest absolute Gasteiger partial charge is 0.0955 e. The standard InChI is InChI=1S/C11H12/c1-9-6-7-10-4-2-3-5-11(10)8-9/h2,4,6-7H,1,3,5,8H2. The first-order valence-corrected chi connectivity index (χ1v) is 4.11. The zero-order valence-corrected chi connectivity index (χ0v) is 6.64. The van der Waals surface area contributed by atoms with Gasteiger partial charge in [0.2, 0.25) is 0 Å². The van der Waals surface area contributed by atoms with Crippen LogP contribution < -0.4 is 0 Å². The van der Waals surface area contributed by atoms with Crippen LogP contribution in [-0.4, -0.2) is 0 Å². The van der Waals surface area contributed by atoms with Crippen LogP contribution in [0.3, 0.4) is 0 Å². The van der Waals surface area contributed by atoms with E-state index in [1.807, 2.05) is 0 Å². The van der Waals surface area contributed by atoms with Gasteiger partial charge >= 0.3 is 0 Å². The van der Waals surface area contributed by atoms with Gasteiger partial charge in [-0.25, -0.2) is 0 Å².